The van der Waals surface area contributed by atoms with Crippen molar-refractivity contribution in [2.45, 2.75) is 12.8 Å². The first-order valence-corrected chi connectivity index (χ1v) is 6.46. The van der Waals surface area contributed by atoms with Crippen molar-refractivity contribution in [1.29, 1.82) is 0 Å². The molecule has 0 aromatic rings. The molecule has 0 spiro atoms. The maximum Gasteiger partial charge on any atom is 0.311 e. The first-order valence-electron chi connectivity index (χ1n) is 6.46. The molecule has 0 radical (unpaired) electrons. The summed E-state index contributed by atoms with van der Waals surface area (Å²) in [5.41, 5.74) is 5.27. The minimum atomic E-state index is -0.559. The van der Waals surface area contributed by atoms with Gasteiger partial charge in [-0.3, -0.25) is 9.59 Å². The quantitative estimate of drug-likeness (QED) is 0.623. The predicted molar refractivity (Wildman–Crippen MR) is 69.9 cm³/mol. The van der Waals surface area contributed by atoms with Crippen LogP contribution in [0.3, 0.4) is 0 Å². The van der Waals surface area contributed by atoms with E-state index in [-0.39, 0.29) is 0 Å². The molecule has 1 aliphatic heterocycles. The smallest absolute Gasteiger partial charge is 0.311 e. The Kier molecular flexibility index (Phi) is 6.07. The monoisotopic (exact) mass is 256 g/mol. The van der Waals surface area contributed by atoms with Crippen LogP contribution in [0.1, 0.15) is 12.8 Å². The van der Waals surface area contributed by atoms with E-state index in [0.29, 0.717) is 25.6 Å². The largest absolute Gasteiger partial charge is 0.347 e. The fourth-order valence-electron chi connectivity index (χ4n) is 2.15. The number of likely N-dealkylation sites (tertiary alicyclic amines) is 1. The van der Waals surface area contributed by atoms with Crippen molar-refractivity contribution < 1.29 is 9.59 Å². The lowest BCUT2D eigenvalue weighted by Crippen LogP contribution is -2.45. The summed E-state index contributed by atoms with van der Waals surface area (Å²) in [5, 5.41) is 2.49. The van der Waals surface area contributed by atoms with Crippen LogP contribution in [0.2, 0.25) is 0 Å². The second-order valence-electron chi connectivity index (χ2n) is 4.98. The lowest BCUT2D eigenvalue weighted by atomic mass is 9.97. The second kappa shape index (κ2) is 7.33. The number of nitrogens with zero attached hydrogens (tertiary/aromatic N) is 2. The van der Waals surface area contributed by atoms with E-state index in [1.54, 1.807) is 7.05 Å². The van der Waals surface area contributed by atoms with Crippen molar-refractivity contribution in [3.63, 3.8) is 0 Å². The molecule has 0 aromatic carbocycles. The number of likely N-dealkylation sites (N-methyl/N-ethyl adjacent to an activating group) is 1. The molecule has 18 heavy (non-hydrogen) atoms. The topological polar surface area (TPSA) is 78.7 Å². The number of hydrogen-bond acceptors (Lipinski definition) is 4. The Hall–Kier alpha value is -1.14. The van der Waals surface area contributed by atoms with Gasteiger partial charge in [-0.05, 0) is 38.9 Å². The van der Waals surface area contributed by atoms with Crippen LogP contribution >= 0.6 is 0 Å². The summed E-state index contributed by atoms with van der Waals surface area (Å²) in [4.78, 5) is 27.0. The minimum Gasteiger partial charge on any atom is -0.347 e. The Bertz CT molecular complexity index is 288. The fraction of sp³-hybridized carbons (Fsp3) is 0.833. The molecule has 1 rings (SSSR count). The van der Waals surface area contributed by atoms with E-state index in [4.69, 9.17) is 5.73 Å². The van der Waals surface area contributed by atoms with Gasteiger partial charge in [0.15, 0.2) is 0 Å². The van der Waals surface area contributed by atoms with Gasteiger partial charge in [-0.25, -0.2) is 0 Å². The van der Waals surface area contributed by atoms with Gasteiger partial charge in [0.05, 0.1) is 0 Å². The third-order valence-electron chi connectivity index (χ3n) is 3.34. The van der Waals surface area contributed by atoms with Crippen molar-refractivity contribution in [1.82, 2.24) is 15.1 Å². The minimum absolute atomic E-state index is 0.340. The first kappa shape index (κ1) is 14.9. The number of rotatable bonds is 4. The highest BCUT2D eigenvalue weighted by molar-refractivity contribution is 6.34. The summed E-state index contributed by atoms with van der Waals surface area (Å²) in [5.74, 6) is -0.532. The molecule has 0 bridgehead atoms. The van der Waals surface area contributed by atoms with Crippen molar-refractivity contribution in [3.8, 4) is 0 Å². The molecule has 104 valence electrons. The summed E-state index contributed by atoms with van der Waals surface area (Å²) in [6.45, 7) is 3.46. The van der Waals surface area contributed by atoms with Crippen LogP contribution in [0, 0.1) is 5.92 Å². The average molecular weight is 256 g/mol. The Labute approximate surface area is 108 Å². The van der Waals surface area contributed by atoms with Crippen molar-refractivity contribution >= 4 is 11.8 Å². The highest BCUT2D eigenvalue weighted by Gasteiger charge is 2.23. The average Bonchev–Trinajstić information content (AvgIpc) is 2.37. The maximum absolute atomic E-state index is 11.7. The standard InChI is InChI=1S/C12H24N4O2/c1-15-7-3-10(4-8-15)9-16(2)12(18)11(17)14-6-5-13/h10H,3-9,13H2,1-2H3,(H,14,17). The number of carbonyl (C=O) groups is 2. The van der Waals surface area contributed by atoms with Crippen LogP contribution < -0.4 is 11.1 Å². The molecule has 2 amide bonds. The van der Waals surface area contributed by atoms with Gasteiger partial charge in [-0.15, -0.1) is 0 Å². The normalized spacial score (nSPS) is 17.5. The van der Waals surface area contributed by atoms with E-state index in [2.05, 4.69) is 17.3 Å². The number of carbonyl (C=O) groups excluding carboxylic acids is 2. The molecule has 0 unspecified atom stereocenters. The van der Waals surface area contributed by atoms with Gasteiger partial charge >= 0.3 is 11.8 Å². The van der Waals surface area contributed by atoms with E-state index >= 15 is 0 Å². The van der Waals surface area contributed by atoms with Crippen LogP contribution in [0.15, 0.2) is 0 Å². The zero-order chi connectivity index (χ0) is 13.5. The zero-order valence-corrected chi connectivity index (χ0v) is 11.3. The molecular formula is C12H24N4O2. The number of amides is 2. The third kappa shape index (κ3) is 4.62. The van der Waals surface area contributed by atoms with Crippen molar-refractivity contribution in [2.24, 2.45) is 11.7 Å². The maximum atomic E-state index is 11.7. The van der Waals surface area contributed by atoms with Gasteiger partial charge in [0.1, 0.15) is 0 Å². The number of piperidine rings is 1. The van der Waals surface area contributed by atoms with Gasteiger partial charge in [-0.1, -0.05) is 0 Å². The lowest BCUT2D eigenvalue weighted by Gasteiger charge is -2.31. The Balaban J connectivity index is 2.33. The van der Waals surface area contributed by atoms with E-state index in [0.717, 1.165) is 25.9 Å². The number of hydrogen-bond donors (Lipinski definition) is 2. The summed E-state index contributed by atoms with van der Waals surface area (Å²) in [7, 11) is 3.79. The second-order valence-corrected chi connectivity index (χ2v) is 4.98. The highest BCUT2D eigenvalue weighted by atomic mass is 16.2. The molecule has 6 heteroatoms. The predicted octanol–water partition coefficient (Wildman–Crippen LogP) is -1.14. The van der Waals surface area contributed by atoms with E-state index < -0.39 is 11.8 Å². The van der Waals surface area contributed by atoms with E-state index in [9.17, 15) is 9.59 Å². The summed E-state index contributed by atoms with van der Waals surface area (Å²) < 4.78 is 0. The molecule has 1 heterocycles. The molecule has 1 aliphatic rings. The van der Waals surface area contributed by atoms with Crippen molar-refractivity contribution in [3.05, 3.63) is 0 Å². The summed E-state index contributed by atoms with van der Waals surface area (Å²) >= 11 is 0. The van der Waals surface area contributed by atoms with Gasteiger partial charge in [0.2, 0.25) is 0 Å². The Morgan fingerprint density at radius 3 is 2.56 bits per heavy atom. The van der Waals surface area contributed by atoms with Gasteiger partial charge in [0, 0.05) is 26.7 Å². The molecule has 0 aromatic heterocycles. The van der Waals surface area contributed by atoms with Crippen LogP contribution in [0.5, 0.6) is 0 Å². The Morgan fingerprint density at radius 1 is 1.39 bits per heavy atom. The van der Waals surface area contributed by atoms with Crippen LogP contribution in [0.25, 0.3) is 0 Å². The van der Waals surface area contributed by atoms with Crippen LogP contribution in [-0.2, 0) is 9.59 Å². The molecule has 0 atom stereocenters. The van der Waals surface area contributed by atoms with Gasteiger partial charge in [0.25, 0.3) is 0 Å². The van der Waals surface area contributed by atoms with Gasteiger partial charge in [-0.2, -0.15) is 0 Å². The molecule has 0 saturated carbocycles. The molecule has 1 saturated heterocycles. The molecule has 1 fully saturated rings. The number of nitrogens with two attached hydrogens (primary N) is 1. The van der Waals surface area contributed by atoms with E-state index in [1.807, 2.05) is 0 Å². The van der Waals surface area contributed by atoms with Gasteiger partial charge < -0.3 is 20.9 Å². The molecule has 6 nitrogen and oxygen atoms in total. The van der Waals surface area contributed by atoms with E-state index in [1.165, 1.54) is 4.90 Å². The number of nitrogens with one attached hydrogen (secondary N) is 1. The van der Waals surface area contributed by atoms with Crippen LogP contribution in [-0.4, -0.2) is 68.4 Å². The highest BCUT2D eigenvalue weighted by Crippen LogP contribution is 2.16. The zero-order valence-electron chi connectivity index (χ0n) is 11.3. The molecular weight excluding hydrogens is 232 g/mol. The molecule has 3 N–H and O–H groups in total. The lowest BCUT2D eigenvalue weighted by molar-refractivity contribution is -0.145. The molecule has 0 aliphatic carbocycles. The fourth-order valence-corrected chi connectivity index (χ4v) is 2.15. The summed E-state index contributed by atoms with van der Waals surface area (Å²) in [6.07, 6.45) is 2.16. The van der Waals surface area contributed by atoms with Crippen molar-refractivity contribution in [2.75, 3.05) is 46.8 Å². The summed E-state index contributed by atoms with van der Waals surface area (Å²) in [6, 6.07) is 0. The van der Waals surface area contributed by atoms with Crippen LogP contribution in [0.4, 0.5) is 0 Å². The third-order valence-corrected chi connectivity index (χ3v) is 3.34. The SMILES string of the molecule is CN1CCC(CN(C)C(=O)C(=O)NCCN)CC1. The Morgan fingerprint density at radius 2 is 2.00 bits per heavy atom. The first-order chi connectivity index (χ1) is 8.54.